The SMILES string of the molecule is COC1(c2ccccc2)CCNC(=C=O)C1. The van der Waals surface area contributed by atoms with Crippen LogP contribution in [0.3, 0.4) is 0 Å². The maximum Gasteiger partial charge on any atom is 0.145 e. The topological polar surface area (TPSA) is 38.3 Å². The molecule has 0 spiro atoms. The van der Waals surface area contributed by atoms with Crippen LogP contribution in [0.5, 0.6) is 0 Å². The van der Waals surface area contributed by atoms with Crippen LogP contribution in [0.4, 0.5) is 0 Å². The third-order valence-corrected chi connectivity index (χ3v) is 3.14. The molecule has 0 saturated carbocycles. The van der Waals surface area contributed by atoms with E-state index >= 15 is 0 Å². The van der Waals surface area contributed by atoms with Crippen LogP contribution in [0.25, 0.3) is 0 Å². The van der Waals surface area contributed by atoms with Gasteiger partial charge in [0.2, 0.25) is 0 Å². The van der Waals surface area contributed by atoms with Crippen molar-refractivity contribution in [3.05, 3.63) is 41.6 Å². The van der Waals surface area contributed by atoms with Crippen LogP contribution in [0.1, 0.15) is 18.4 Å². The molecule has 84 valence electrons. The Labute approximate surface area is 95.1 Å². The first-order chi connectivity index (χ1) is 7.80. The molecule has 1 saturated heterocycles. The van der Waals surface area contributed by atoms with E-state index in [1.54, 1.807) is 7.11 Å². The van der Waals surface area contributed by atoms with Crippen molar-refractivity contribution in [1.29, 1.82) is 0 Å². The van der Waals surface area contributed by atoms with Gasteiger partial charge in [-0.2, -0.15) is 0 Å². The van der Waals surface area contributed by atoms with Crippen LogP contribution < -0.4 is 5.32 Å². The number of ether oxygens (including phenoxy) is 1. The fourth-order valence-electron chi connectivity index (χ4n) is 2.20. The second-order valence-electron chi connectivity index (χ2n) is 4.00. The smallest absolute Gasteiger partial charge is 0.145 e. The number of hydrogen-bond acceptors (Lipinski definition) is 3. The molecule has 0 bridgehead atoms. The lowest BCUT2D eigenvalue weighted by molar-refractivity contribution is -0.0301. The molecule has 1 unspecified atom stereocenters. The molecule has 1 atom stereocenters. The standard InChI is InChI=1S/C13H15NO2/c1-16-13(11-5-3-2-4-6-11)7-8-14-12(9-13)10-15/h2-6,14H,7-9H2,1H3. The summed E-state index contributed by atoms with van der Waals surface area (Å²) in [5.74, 6) is 1.94. The van der Waals surface area contributed by atoms with Crippen molar-refractivity contribution in [2.75, 3.05) is 13.7 Å². The van der Waals surface area contributed by atoms with E-state index in [9.17, 15) is 4.79 Å². The minimum absolute atomic E-state index is 0.376. The molecule has 3 nitrogen and oxygen atoms in total. The molecule has 1 heterocycles. The van der Waals surface area contributed by atoms with E-state index in [4.69, 9.17) is 4.74 Å². The van der Waals surface area contributed by atoms with Gasteiger partial charge in [0.05, 0.1) is 5.70 Å². The average molecular weight is 217 g/mol. The van der Waals surface area contributed by atoms with Gasteiger partial charge >= 0.3 is 0 Å². The zero-order valence-corrected chi connectivity index (χ0v) is 9.32. The first-order valence-corrected chi connectivity index (χ1v) is 5.39. The van der Waals surface area contributed by atoms with Gasteiger partial charge in [-0.3, -0.25) is 0 Å². The van der Waals surface area contributed by atoms with Crippen molar-refractivity contribution in [1.82, 2.24) is 5.32 Å². The van der Waals surface area contributed by atoms with Crippen molar-refractivity contribution in [3.8, 4) is 0 Å². The summed E-state index contributed by atoms with van der Waals surface area (Å²) in [4.78, 5) is 10.7. The third-order valence-electron chi connectivity index (χ3n) is 3.14. The Bertz CT molecular complexity index is 409. The number of nitrogens with one attached hydrogen (secondary N) is 1. The Morgan fingerprint density at radius 2 is 2.12 bits per heavy atom. The van der Waals surface area contributed by atoms with Crippen molar-refractivity contribution in [2.45, 2.75) is 18.4 Å². The number of rotatable bonds is 2. The van der Waals surface area contributed by atoms with Gasteiger partial charge in [0.15, 0.2) is 0 Å². The van der Waals surface area contributed by atoms with Crippen molar-refractivity contribution in [2.24, 2.45) is 0 Å². The minimum atomic E-state index is -0.376. The zero-order chi connectivity index (χ0) is 11.4. The molecular formula is C13H15NO2. The van der Waals surface area contributed by atoms with Gasteiger partial charge in [-0.25, -0.2) is 4.79 Å². The third kappa shape index (κ3) is 1.87. The number of carbonyl (C=O) groups excluding carboxylic acids is 1. The fourth-order valence-corrected chi connectivity index (χ4v) is 2.20. The summed E-state index contributed by atoms with van der Waals surface area (Å²) in [7, 11) is 1.70. The zero-order valence-electron chi connectivity index (χ0n) is 9.32. The van der Waals surface area contributed by atoms with Gasteiger partial charge < -0.3 is 10.1 Å². The van der Waals surface area contributed by atoms with E-state index in [2.05, 4.69) is 5.32 Å². The highest BCUT2D eigenvalue weighted by molar-refractivity contribution is 5.52. The molecule has 16 heavy (non-hydrogen) atoms. The quantitative estimate of drug-likeness (QED) is 0.765. The second kappa shape index (κ2) is 4.52. The van der Waals surface area contributed by atoms with E-state index in [1.807, 2.05) is 36.3 Å². The van der Waals surface area contributed by atoms with Crippen LogP contribution in [0, 0.1) is 0 Å². The number of piperidine rings is 1. The highest BCUT2D eigenvalue weighted by Gasteiger charge is 2.36. The lowest BCUT2D eigenvalue weighted by Gasteiger charge is -2.37. The molecular weight excluding hydrogens is 202 g/mol. The minimum Gasteiger partial charge on any atom is -0.379 e. The predicted octanol–water partition coefficient (Wildman–Crippen LogP) is 1.63. The Morgan fingerprint density at radius 3 is 2.75 bits per heavy atom. The normalized spacial score (nSPS) is 24.7. The van der Waals surface area contributed by atoms with E-state index in [0.717, 1.165) is 18.5 Å². The molecule has 1 N–H and O–H groups in total. The van der Waals surface area contributed by atoms with E-state index in [0.29, 0.717) is 12.1 Å². The number of methoxy groups -OCH3 is 1. The van der Waals surface area contributed by atoms with Gasteiger partial charge in [0, 0.05) is 20.1 Å². The summed E-state index contributed by atoms with van der Waals surface area (Å²) in [6.07, 6.45) is 1.43. The summed E-state index contributed by atoms with van der Waals surface area (Å²) in [6, 6.07) is 10.0. The monoisotopic (exact) mass is 217 g/mol. The van der Waals surface area contributed by atoms with E-state index < -0.39 is 0 Å². The molecule has 3 heteroatoms. The van der Waals surface area contributed by atoms with Gasteiger partial charge in [0.1, 0.15) is 11.5 Å². The molecule has 2 rings (SSSR count). The molecule has 1 aromatic rings. The van der Waals surface area contributed by atoms with Crippen LogP contribution in [0.15, 0.2) is 36.0 Å². The largest absolute Gasteiger partial charge is 0.379 e. The Balaban J connectivity index is 2.36. The molecule has 1 aromatic carbocycles. The summed E-state index contributed by atoms with van der Waals surface area (Å²) < 4.78 is 5.66. The number of hydrogen-bond donors (Lipinski definition) is 1. The molecule has 0 radical (unpaired) electrons. The van der Waals surface area contributed by atoms with Gasteiger partial charge in [-0.05, 0) is 12.0 Å². The molecule has 1 fully saturated rings. The van der Waals surface area contributed by atoms with E-state index in [1.165, 1.54) is 0 Å². The Hall–Kier alpha value is -1.57. The molecule has 0 amide bonds. The molecule has 0 aromatic heterocycles. The summed E-state index contributed by atoms with van der Waals surface area (Å²) in [5.41, 5.74) is 1.34. The summed E-state index contributed by atoms with van der Waals surface area (Å²) in [6.45, 7) is 0.743. The van der Waals surface area contributed by atoms with Crippen LogP contribution in [-0.2, 0) is 15.1 Å². The lowest BCUT2D eigenvalue weighted by atomic mass is 9.83. The van der Waals surface area contributed by atoms with Crippen molar-refractivity contribution >= 4 is 5.94 Å². The maximum absolute atomic E-state index is 10.7. The number of benzene rings is 1. The first kappa shape index (κ1) is 10.9. The maximum atomic E-state index is 10.7. The van der Waals surface area contributed by atoms with Crippen molar-refractivity contribution in [3.63, 3.8) is 0 Å². The summed E-state index contributed by atoms with van der Waals surface area (Å²) in [5, 5.41) is 3.04. The van der Waals surface area contributed by atoms with E-state index in [-0.39, 0.29) is 5.60 Å². The van der Waals surface area contributed by atoms with Gasteiger partial charge in [-0.1, -0.05) is 30.3 Å². The molecule has 1 aliphatic rings. The highest BCUT2D eigenvalue weighted by Crippen LogP contribution is 2.36. The lowest BCUT2D eigenvalue weighted by Crippen LogP contribution is -2.40. The second-order valence-corrected chi connectivity index (χ2v) is 4.00. The van der Waals surface area contributed by atoms with Crippen LogP contribution >= 0.6 is 0 Å². The van der Waals surface area contributed by atoms with Gasteiger partial charge in [-0.15, -0.1) is 0 Å². The molecule has 0 aliphatic carbocycles. The molecule has 1 aliphatic heterocycles. The average Bonchev–Trinajstić information content (AvgIpc) is 2.39. The Kier molecular flexibility index (Phi) is 3.09. The first-order valence-electron chi connectivity index (χ1n) is 5.39. The van der Waals surface area contributed by atoms with Crippen molar-refractivity contribution < 1.29 is 9.53 Å². The Morgan fingerprint density at radius 1 is 1.38 bits per heavy atom. The predicted molar refractivity (Wildman–Crippen MR) is 61.6 cm³/mol. The fraction of sp³-hybridized carbons (Fsp3) is 0.385. The highest BCUT2D eigenvalue weighted by atomic mass is 16.5. The van der Waals surface area contributed by atoms with Crippen LogP contribution in [-0.4, -0.2) is 19.6 Å². The van der Waals surface area contributed by atoms with Crippen LogP contribution in [0.2, 0.25) is 0 Å². The van der Waals surface area contributed by atoms with Gasteiger partial charge in [0.25, 0.3) is 0 Å². The summed E-state index contributed by atoms with van der Waals surface area (Å²) >= 11 is 0.